The summed E-state index contributed by atoms with van der Waals surface area (Å²) in [5.74, 6) is 0.531. The molecule has 0 saturated heterocycles. The lowest BCUT2D eigenvalue weighted by atomic mass is 10.2. The number of carbonyl (C=O) groups is 1. The van der Waals surface area contributed by atoms with Gasteiger partial charge >= 0.3 is 0 Å². The lowest BCUT2D eigenvalue weighted by molar-refractivity contribution is 0.0950. The molecule has 0 aliphatic heterocycles. The molecule has 3 nitrogen and oxygen atoms in total. The molecule has 0 saturated carbocycles. The maximum atomic E-state index is 12.3. The number of benzene rings is 3. The zero-order valence-corrected chi connectivity index (χ0v) is 14.4. The highest BCUT2D eigenvalue weighted by Gasteiger charge is 2.07. The van der Waals surface area contributed by atoms with E-state index in [2.05, 4.69) is 5.32 Å². The molecule has 0 bridgehead atoms. The molecular weight excluding hydrogens is 334 g/mol. The molecule has 0 fully saturated rings. The van der Waals surface area contributed by atoms with Gasteiger partial charge in [0, 0.05) is 17.1 Å². The molecule has 25 heavy (non-hydrogen) atoms. The van der Waals surface area contributed by atoms with E-state index in [1.807, 2.05) is 54.6 Å². The Bertz CT molecular complexity index is 832. The van der Waals surface area contributed by atoms with E-state index >= 15 is 0 Å². The predicted molar refractivity (Wildman–Crippen MR) is 99.8 cm³/mol. The predicted octanol–water partition coefficient (Wildman–Crippen LogP) is 4.85. The minimum Gasteiger partial charge on any atom is -0.489 e. The van der Waals surface area contributed by atoms with E-state index in [0.717, 1.165) is 11.1 Å². The van der Waals surface area contributed by atoms with Gasteiger partial charge < -0.3 is 10.1 Å². The highest BCUT2D eigenvalue weighted by molar-refractivity contribution is 6.30. The Kier molecular flexibility index (Phi) is 5.70. The van der Waals surface area contributed by atoms with Crippen molar-refractivity contribution in [2.75, 3.05) is 0 Å². The molecule has 126 valence electrons. The summed E-state index contributed by atoms with van der Waals surface area (Å²) >= 11 is 5.86. The van der Waals surface area contributed by atoms with E-state index in [4.69, 9.17) is 16.3 Å². The van der Waals surface area contributed by atoms with Crippen LogP contribution >= 0.6 is 11.6 Å². The first kappa shape index (κ1) is 17.1. The van der Waals surface area contributed by atoms with Crippen molar-refractivity contribution in [2.24, 2.45) is 0 Å². The second-order valence-electron chi connectivity index (χ2n) is 5.61. The number of hydrogen-bond acceptors (Lipinski definition) is 2. The van der Waals surface area contributed by atoms with Crippen LogP contribution in [0.4, 0.5) is 0 Å². The topological polar surface area (TPSA) is 38.3 Å². The summed E-state index contributed by atoms with van der Waals surface area (Å²) < 4.78 is 5.76. The van der Waals surface area contributed by atoms with Crippen LogP contribution in [-0.2, 0) is 13.2 Å². The zero-order chi connectivity index (χ0) is 17.5. The van der Waals surface area contributed by atoms with Crippen molar-refractivity contribution in [3.63, 3.8) is 0 Å². The summed E-state index contributed by atoms with van der Waals surface area (Å²) in [6.07, 6.45) is 0. The first-order valence-corrected chi connectivity index (χ1v) is 8.38. The highest BCUT2D eigenvalue weighted by Crippen LogP contribution is 2.16. The molecule has 0 spiro atoms. The maximum absolute atomic E-state index is 12.3. The van der Waals surface area contributed by atoms with Gasteiger partial charge in [-0.05, 0) is 41.5 Å². The third-order valence-corrected chi connectivity index (χ3v) is 3.96. The number of ether oxygens (including phenoxy) is 1. The molecule has 0 radical (unpaired) electrons. The standard InChI is InChI=1S/C21H18ClNO2/c22-19-11-9-16(10-12-19)14-23-21(24)18-7-4-8-20(13-18)25-15-17-5-2-1-3-6-17/h1-13H,14-15H2,(H,23,24). The Hall–Kier alpha value is -2.78. The van der Waals surface area contributed by atoms with Gasteiger partial charge in [0.15, 0.2) is 0 Å². The van der Waals surface area contributed by atoms with Crippen LogP contribution in [0.5, 0.6) is 5.75 Å². The number of nitrogens with one attached hydrogen (secondary N) is 1. The van der Waals surface area contributed by atoms with Crippen LogP contribution in [0.15, 0.2) is 78.9 Å². The summed E-state index contributed by atoms with van der Waals surface area (Å²) in [5.41, 5.74) is 2.65. The van der Waals surface area contributed by atoms with Crippen LogP contribution in [0.2, 0.25) is 5.02 Å². The monoisotopic (exact) mass is 351 g/mol. The third kappa shape index (κ3) is 5.10. The maximum Gasteiger partial charge on any atom is 0.251 e. The third-order valence-electron chi connectivity index (χ3n) is 3.71. The molecule has 3 rings (SSSR count). The lowest BCUT2D eigenvalue weighted by Crippen LogP contribution is -2.22. The number of rotatable bonds is 6. The fourth-order valence-electron chi connectivity index (χ4n) is 2.35. The van der Waals surface area contributed by atoms with Crippen LogP contribution in [0.1, 0.15) is 21.5 Å². The van der Waals surface area contributed by atoms with E-state index in [1.165, 1.54) is 0 Å². The van der Waals surface area contributed by atoms with Crippen molar-refractivity contribution in [3.8, 4) is 5.75 Å². The first-order valence-electron chi connectivity index (χ1n) is 8.00. The van der Waals surface area contributed by atoms with Gasteiger partial charge in [0.25, 0.3) is 5.91 Å². The molecule has 0 aromatic heterocycles. The van der Waals surface area contributed by atoms with Crippen LogP contribution in [0.3, 0.4) is 0 Å². The molecule has 1 amide bonds. The lowest BCUT2D eigenvalue weighted by Gasteiger charge is -2.09. The SMILES string of the molecule is O=C(NCc1ccc(Cl)cc1)c1cccc(OCc2ccccc2)c1. The van der Waals surface area contributed by atoms with Gasteiger partial charge in [0.05, 0.1) is 0 Å². The normalized spacial score (nSPS) is 10.3. The molecule has 0 heterocycles. The van der Waals surface area contributed by atoms with E-state index < -0.39 is 0 Å². The second kappa shape index (κ2) is 8.36. The molecule has 0 aliphatic rings. The van der Waals surface area contributed by atoms with Crippen LogP contribution in [0.25, 0.3) is 0 Å². The summed E-state index contributed by atoms with van der Waals surface area (Å²) in [7, 11) is 0. The van der Waals surface area contributed by atoms with Crippen molar-refractivity contribution in [1.29, 1.82) is 0 Å². The van der Waals surface area contributed by atoms with Gasteiger partial charge in [-0.1, -0.05) is 60.1 Å². The van der Waals surface area contributed by atoms with Crippen LogP contribution in [-0.4, -0.2) is 5.91 Å². The zero-order valence-electron chi connectivity index (χ0n) is 13.6. The van der Waals surface area contributed by atoms with E-state index in [-0.39, 0.29) is 5.91 Å². The highest BCUT2D eigenvalue weighted by atomic mass is 35.5. The molecule has 3 aromatic rings. The molecule has 3 aromatic carbocycles. The van der Waals surface area contributed by atoms with Gasteiger partial charge in [-0.15, -0.1) is 0 Å². The largest absolute Gasteiger partial charge is 0.489 e. The van der Waals surface area contributed by atoms with Crippen molar-refractivity contribution in [2.45, 2.75) is 13.2 Å². The Morgan fingerprint density at radius 1 is 0.880 bits per heavy atom. The van der Waals surface area contributed by atoms with Gasteiger partial charge in [-0.3, -0.25) is 4.79 Å². The van der Waals surface area contributed by atoms with E-state index in [9.17, 15) is 4.79 Å². The van der Waals surface area contributed by atoms with Crippen LogP contribution < -0.4 is 10.1 Å². The Morgan fingerprint density at radius 2 is 1.64 bits per heavy atom. The number of amides is 1. The second-order valence-corrected chi connectivity index (χ2v) is 6.05. The van der Waals surface area contributed by atoms with Gasteiger partial charge in [0.2, 0.25) is 0 Å². The number of hydrogen-bond donors (Lipinski definition) is 1. The Morgan fingerprint density at radius 3 is 2.40 bits per heavy atom. The molecule has 4 heteroatoms. The fourth-order valence-corrected chi connectivity index (χ4v) is 2.48. The van der Waals surface area contributed by atoms with E-state index in [1.54, 1.807) is 24.3 Å². The summed E-state index contributed by atoms with van der Waals surface area (Å²) in [4.78, 5) is 12.3. The van der Waals surface area contributed by atoms with Crippen LogP contribution in [0, 0.1) is 0 Å². The van der Waals surface area contributed by atoms with Gasteiger partial charge in [-0.2, -0.15) is 0 Å². The molecule has 0 atom stereocenters. The molecule has 0 aliphatic carbocycles. The minimum absolute atomic E-state index is 0.139. The molecule has 0 unspecified atom stereocenters. The Labute approximate surface area is 152 Å². The van der Waals surface area contributed by atoms with Gasteiger partial charge in [0.1, 0.15) is 12.4 Å². The summed E-state index contributed by atoms with van der Waals surface area (Å²) in [6, 6.07) is 24.5. The summed E-state index contributed by atoms with van der Waals surface area (Å²) in [5, 5.41) is 3.58. The van der Waals surface area contributed by atoms with Crippen molar-refractivity contribution in [1.82, 2.24) is 5.32 Å². The number of carbonyl (C=O) groups excluding carboxylic acids is 1. The average molecular weight is 352 g/mol. The quantitative estimate of drug-likeness (QED) is 0.689. The van der Waals surface area contributed by atoms with E-state index in [0.29, 0.717) is 29.5 Å². The minimum atomic E-state index is -0.139. The van der Waals surface area contributed by atoms with Crippen molar-refractivity contribution >= 4 is 17.5 Å². The molecular formula is C21H18ClNO2. The number of halogens is 1. The fraction of sp³-hybridized carbons (Fsp3) is 0.0952. The van der Waals surface area contributed by atoms with Crippen molar-refractivity contribution in [3.05, 3.63) is 101 Å². The Balaban J connectivity index is 1.58. The smallest absolute Gasteiger partial charge is 0.251 e. The summed E-state index contributed by atoms with van der Waals surface area (Å²) in [6.45, 7) is 0.918. The van der Waals surface area contributed by atoms with Crippen molar-refractivity contribution < 1.29 is 9.53 Å². The average Bonchev–Trinajstić information content (AvgIpc) is 2.67. The van der Waals surface area contributed by atoms with Gasteiger partial charge in [-0.25, -0.2) is 0 Å². The molecule has 1 N–H and O–H groups in total. The first-order chi connectivity index (χ1) is 12.2.